The number of rotatable bonds is 13. The second-order valence-electron chi connectivity index (χ2n) is 9.97. The fourth-order valence-corrected chi connectivity index (χ4v) is 4.96. The molecule has 216 valence electrons. The second-order valence-corrected chi connectivity index (χ2v) is 9.97. The third-order valence-corrected chi connectivity index (χ3v) is 7.04. The smallest absolute Gasteiger partial charge is 0.274 e. The normalized spacial score (nSPS) is 22.0. The van der Waals surface area contributed by atoms with Gasteiger partial charge in [-0.15, -0.1) is 0 Å². The molecule has 4 aromatic rings. The molecule has 0 saturated carbocycles. The van der Waals surface area contributed by atoms with Gasteiger partial charge in [0.2, 0.25) is 5.78 Å². The van der Waals surface area contributed by atoms with Crippen LogP contribution < -0.4 is 0 Å². The van der Waals surface area contributed by atoms with Gasteiger partial charge in [0.1, 0.15) is 17.9 Å². The number of aromatic nitrogens is 1. The monoisotopic (exact) mass is 568 g/mol. The molecule has 0 N–H and O–H groups in total. The molecule has 9 heteroatoms. The van der Waals surface area contributed by atoms with Gasteiger partial charge in [0, 0.05) is 11.1 Å². The van der Waals surface area contributed by atoms with Crippen molar-refractivity contribution in [2.45, 2.75) is 50.3 Å². The Kier molecular flexibility index (Phi) is 10.1. The van der Waals surface area contributed by atoms with E-state index in [2.05, 4.69) is 4.98 Å². The minimum atomic E-state index is -1.55. The van der Waals surface area contributed by atoms with Crippen LogP contribution in [-0.2, 0) is 38.8 Å². The van der Waals surface area contributed by atoms with Crippen LogP contribution in [0.5, 0.6) is 0 Å². The van der Waals surface area contributed by atoms with Gasteiger partial charge in [-0.1, -0.05) is 97.1 Å². The molecule has 0 aliphatic carbocycles. The summed E-state index contributed by atoms with van der Waals surface area (Å²) in [4.78, 5) is 29.9. The number of hydrogen-bond acceptors (Lipinski definition) is 8. The number of carbonyl (C=O) groups excluding carboxylic acids is 1. The minimum Gasteiger partial charge on any atom is -0.374 e. The van der Waals surface area contributed by atoms with Gasteiger partial charge in [0.15, 0.2) is 12.2 Å². The summed E-state index contributed by atoms with van der Waals surface area (Å²) in [5.41, 5.74) is 2.74. The SMILES string of the molecule is O=C(c1ccccn1)[C@@H]1O[C@H](COCc2ccccc2)[C@@H](OCc2ccccc2)[C@H](OCc2ccccc2)[C@H]1[N+](=O)[O-]. The van der Waals surface area contributed by atoms with E-state index in [1.165, 1.54) is 12.3 Å². The Morgan fingerprint density at radius 2 is 1.26 bits per heavy atom. The molecule has 0 bridgehead atoms. The van der Waals surface area contributed by atoms with Gasteiger partial charge in [-0.25, -0.2) is 0 Å². The quantitative estimate of drug-likeness (QED) is 0.125. The number of Topliss-reactive ketones (excluding diaryl/α,β-unsaturated/α-hetero) is 1. The fourth-order valence-electron chi connectivity index (χ4n) is 4.96. The average molecular weight is 569 g/mol. The highest BCUT2D eigenvalue weighted by molar-refractivity contribution is 5.98. The van der Waals surface area contributed by atoms with E-state index in [-0.39, 0.29) is 25.5 Å². The Labute approximate surface area is 244 Å². The van der Waals surface area contributed by atoms with Crippen molar-refractivity contribution in [3.63, 3.8) is 0 Å². The lowest BCUT2D eigenvalue weighted by molar-refractivity contribution is -0.557. The Morgan fingerprint density at radius 1 is 0.738 bits per heavy atom. The van der Waals surface area contributed by atoms with E-state index >= 15 is 0 Å². The summed E-state index contributed by atoms with van der Waals surface area (Å²) in [6.45, 7) is 0.566. The Hall–Kier alpha value is -4.28. The van der Waals surface area contributed by atoms with E-state index in [0.717, 1.165) is 16.7 Å². The number of carbonyl (C=O) groups is 1. The molecule has 1 fully saturated rings. The molecule has 2 heterocycles. The van der Waals surface area contributed by atoms with Crippen molar-refractivity contribution in [1.29, 1.82) is 0 Å². The fraction of sp³-hybridized carbons (Fsp3) is 0.273. The van der Waals surface area contributed by atoms with Crippen molar-refractivity contribution in [2.75, 3.05) is 6.61 Å². The maximum atomic E-state index is 13.6. The summed E-state index contributed by atoms with van der Waals surface area (Å²) in [7, 11) is 0. The number of nitro groups is 1. The van der Waals surface area contributed by atoms with Crippen LogP contribution >= 0.6 is 0 Å². The standard InChI is InChI=1S/C33H32N2O7/c36-30(27-18-10-11-19-34-27)32-29(35(37)38)33(41-22-26-16-8-3-9-17-26)31(40-21-25-14-6-2-7-15-25)28(42-32)23-39-20-24-12-4-1-5-13-24/h1-19,28-29,31-33H,20-23H2/t28-,29+,31-,32-,33-/m1/s1. The number of pyridine rings is 1. The van der Waals surface area contributed by atoms with Gasteiger partial charge in [-0.3, -0.25) is 19.9 Å². The van der Waals surface area contributed by atoms with Crippen molar-refractivity contribution in [1.82, 2.24) is 4.98 Å². The summed E-state index contributed by atoms with van der Waals surface area (Å²) < 4.78 is 24.9. The van der Waals surface area contributed by atoms with Gasteiger partial charge in [-0.2, -0.15) is 0 Å². The molecule has 1 aromatic heterocycles. The number of benzene rings is 3. The van der Waals surface area contributed by atoms with Crippen LogP contribution in [0.25, 0.3) is 0 Å². The maximum absolute atomic E-state index is 13.6. The van der Waals surface area contributed by atoms with Crippen molar-refractivity contribution in [3.8, 4) is 0 Å². The highest BCUT2D eigenvalue weighted by atomic mass is 16.7. The van der Waals surface area contributed by atoms with Crippen LogP contribution in [0, 0.1) is 10.1 Å². The predicted octanol–water partition coefficient (Wildman–Crippen LogP) is 5.06. The zero-order chi connectivity index (χ0) is 29.1. The number of ether oxygens (including phenoxy) is 4. The van der Waals surface area contributed by atoms with Crippen molar-refractivity contribution < 1.29 is 28.7 Å². The van der Waals surface area contributed by atoms with Crippen molar-refractivity contribution in [2.24, 2.45) is 0 Å². The molecule has 5 atom stereocenters. The molecule has 9 nitrogen and oxygen atoms in total. The van der Waals surface area contributed by atoms with Crippen molar-refractivity contribution >= 4 is 5.78 Å². The summed E-state index contributed by atoms with van der Waals surface area (Å²) in [5, 5.41) is 12.6. The van der Waals surface area contributed by atoms with Crippen LogP contribution in [0.1, 0.15) is 27.2 Å². The van der Waals surface area contributed by atoms with Gasteiger partial charge >= 0.3 is 0 Å². The lowest BCUT2D eigenvalue weighted by atomic mass is 9.89. The highest BCUT2D eigenvalue weighted by Gasteiger charge is 2.56. The molecular weight excluding hydrogens is 536 g/mol. The zero-order valence-corrected chi connectivity index (χ0v) is 22.9. The third kappa shape index (κ3) is 7.51. The Morgan fingerprint density at radius 3 is 1.79 bits per heavy atom. The minimum absolute atomic E-state index is 0.0238. The highest BCUT2D eigenvalue weighted by Crippen LogP contribution is 2.31. The van der Waals surface area contributed by atoms with E-state index in [1.807, 2.05) is 91.0 Å². The number of hydrogen-bond donors (Lipinski definition) is 0. The first-order valence-corrected chi connectivity index (χ1v) is 13.8. The Balaban J connectivity index is 1.46. The van der Waals surface area contributed by atoms with E-state index < -0.39 is 41.2 Å². The molecule has 42 heavy (non-hydrogen) atoms. The molecule has 0 spiro atoms. The zero-order valence-electron chi connectivity index (χ0n) is 22.9. The van der Waals surface area contributed by atoms with Crippen LogP contribution in [0.2, 0.25) is 0 Å². The molecule has 0 amide bonds. The third-order valence-electron chi connectivity index (χ3n) is 7.04. The summed E-state index contributed by atoms with van der Waals surface area (Å²) >= 11 is 0. The summed E-state index contributed by atoms with van der Waals surface area (Å²) in [6.07, 6.45) is -2.87. The lowest BCUT2D eigenvalue weighted by Gasteiger charge is -2.42. The van der Waals surface area contributed by atoms with Gasteiger partial charge in [0.25, 0.3) is 6.04 Å². The maximum Gasteiger partial charge on any atom is 0.274 e. The number of ketones is 1. The van der Waals surface area contributed by atoms with E-state index in [9.17, 15) is 14.9 Å². The van der Waals surface area contributed by atoms with Gasteiger partial charge in [-0.05, 0) is 28.8 Å². The first-order chi connectivity index (χ1) is 20.6. The first-order valence-electron chi connectivity index (χ1n) is 13.8. The van der Waals surface area contributed by atoms with Crippen molar-refractivity contribution in [3.05, 3.63) is 148 Å². The van der Waals surface area contributed by atoms with E-state index in [4.69, 9.17) is 18.9 Å². The topological polar surface area (TPSA) is 110 Å². The number of nitrogens with zero attached hydrogens (tertiary/aromatic N) is 2. The molecule has 0 unspecified atom stereocenters. The lowest BCUT2D eigenvalue weighted by Crippen LogP contribution is -2.64. The van der Waals surface area contributed by atoms with Crippen LogP contribution in [0.4, 0.5) is 0 Å². The molecule has 1 saturated heterocycles. The molecular formula is C33H32N2O7. The van der Waals surface area contributed by atoms with E-state index in [0.29, 0.717) is 6.61 Å². The molecule has 5 rings (SSSR count). The first kappa shape index (κ1) is 29.2. The summed E-state index contributed by atoms with van der Waals surface area (Å²) in [6, 6.07) is 31.8. The van der Waals surface area contributed by atoms with Gasteiger partial charge < -0.3 is 18.9 Å². The predicted molar refractivity (Wildman–Crippen MR) is 154 cm³/mol. The van der Waals surface area contributed by atoms with Crippen LogP contribution in [-0.4, -0.2) is 52.8 Å². The van der Waals surface area contributed by atoms with E-state index in [1.54, 1.807) is 12.1 Å². The molecule has 3 aromatic carbocycles. The summed E-state index contributed by atoms with van der Waals surface area (Å²) in [5.74, 6) is -0.597. The van der Waals surface area contributed by atoms with Crippen LogP contribution in [0.3, 0.4) is 0 Å². The second kappa shape index (κ2) is 14.6. The largest absolute Gasteiger partial charge is 0.374 e. The Bertz CT molecular complexity index is 1410. The van der Waals surface area contributed by atoms with Crippen LogP contribution in [0.15, 0.2) is 115 Å². The molecule has 0 radical (unpaired) electrons. The molecule has 1 aliphatic rings. The molecule has 1 aliphatic heterocycles. The van der Waals surface area contributed by atoms with Gasteiger partial charge in [0.05, 0.1) is 26.4 Å². The average Bonchev–Trinajstić information content (AvgIpc) is 3.04.